The first kappa shape index (κ1) is 17.9. The third kappa shape index (κ3) is 2.86. The van der Waals surface area contributed by atoms with Gasteiger partial charge < -0.3 is 15.4 Å². The summed E-state index contributed by atoms with van der Waals surface area (Å²) in [5, 5.41) is 12.0. The fourth-order valence-corrected chi connectivity index (χ4v) is 4.04. The second-order valence-corrected chi connectivity index (χ2v) is 6.89. The number of benzene rings is 3. The minimum Gasteiger partial charge on any atom is -0.440 e. The van der Waals surface area contributed by atoms with Crippen LogP contribution >= 0.6 is 0 Å². The summed E-state index contributed by atoms with van der Waals surface area (Å²) in [6.45, 7) is 6.21. The maximum absolute atomic E-state index is 9.83. The van der Waals surface area contributed by atoms with Crippen LogP contribution in [-0.4, -0.2) is 13.1 Å². The van der Waals surface area contributed by atoms with E-state index in [4.69, 9.17) is 10.5 Å². The van der Waals surface area contributed by atoms with Gasteiger partial charge in [-0.25, -0.2) is 0 Å². The molecular weight excluding hydrogens is 346 g/mol. The van der Waals surface area contributed by atoms with Gasteiger partial charge in [0.1, 0.15) is 17.4 Å². The molecule has 0 fully saturated rings. The maximum atomic E-state index is 9.83. The molecule has 2 N–H and O–H groups in total. The predicted octanol–water partition coefficient (Wildman–Crippen LogP) is 4.90. The van der Waals surface area contributed by atoms with Crippen LogP contribution in [0.4, 0.5) is 5.69 Å². The van der Waals surface area contributed by atoms with Crippen LogP contribution in [0.5, 0.6) is 5.75 Å². The topological polar surface area (TPSA) is 62.3 Å². The lowest BCUT2D eigenvalue weighted by molar-refractivity contribution is 0.395. The lowest BCUT2D eigenvalue weighted by atomic mass is 9.81. The summed E-state index contributed by atoms with van der Waals surface area (Å²) in [6, 6.07) is 22.9. The van der Waals surface area contributed by atoms with Gasteiger partial charge in [-0.15, -0.1) is 0 Å². The van der Waals surface area contributed by atoms with E-state index in [9.17, 15) is 5.26 Å². The van der Waals surface area contributed by atoms with E-state index in [2.05, 4.69) is 61.2 Å². The van der Waals surface area contributed by atoms with E-state index in [1.54, 1.807) is 0 Å². The van der Waals surface area contributed by atoms with Crippen molar-refractivity contribution in [3.05, 3.63) is 83.2 Å². The van der Waals surface area contributed by atoms with Crippen LogP contribution in [0.25, 0.3) is 10.8 Å². The Morgan fingerprint density at radius 1 is 1.00 bits per heavy atom. The first-order chi connectivity index (χ1) is 13.7. The summed E-state index contributed by atoms with van der Waals surface area (Å²) in [5.41, 5.74) is 9.79. The van der Waals surface area contributed by atoms with Crippen LogP contribution in [0.1, 0.15) is 30.9 Å². The summed E-state index contributed by atoms with van der Waals surface area (Å²) in [7, 11) is 0. The number of hydrogen-bond donors (Lipinski definition) is 1. The van der Waals surface area contributed by atoms with E-state index < -0.39 is 0 Å². The lowest BCUT2D eigenvalue weighted by Gasteiger charge is -2.28. The molecule has 1 aliphatic heterocycles. The van der Waals surface area contributed by atoms with Crippen molar-refractivity contribution < 1.29 is 4.74 Å². The summed E-state index contributed by atoms with van der Waals surface area (Å²) >= 11 is 0. The number of nitrogens with zero attached hydrogens (tertiary/aromatic N) is 2. The van der Waals surface area contributed by atoms with Gasteiger partial charge in [-0.1, -0.05) is 42.5 Å². The van der Waals surface area contributed by atoms with Gasteiger partial charge in [0.15, 0.2) is 0 Å². The van der Waals surface area contributed by atoms with Gasteiger partial charge in [-0.2, -0.15) is 5.26 Å². The number of hydrogen-bond acceptors (Lipinski definition) is 4. The van der Waals surface area contributed by atoms with Gasteiger partial charge in [0, 0.05) is 24.3 Å². The van der Waals surface area contributed by atoms with E-state index in [1.165, 1.54) is 5.69 Å². The SMILES string of the molecule is CCN(CC)c1ccc(C2C(C#N)=C(N)Oc3ccc4ccccc4c32)cc1. The predicted molar refractivity (Wildman–Crippen MR) is 113 cm³/mol. The molecule has 0 radical (unpaired) electrons. The normalized spacial score (nSPS) is 15.7. The molecule has 1 aliphatic rings. The summed E-state index contributed by atoms with van der Waals surface area (Å²) in [6.07, 6.45) is 0. The third-order valence-electron chi connectivity index (χ3n) is 5.47. The second-order valence-electron chi connectivity index (χ2n) is 6.89. The van der Waals surface area contributed by atoms with E-state index in [0.29, 0.717) is 11.3 Å². The molecule has 0 aromatic heterocycles. The molecule has 4 rings (SSSR count). The highest BCUT2D eigenvalue weighted by atomic mass is 16.5. The van der Waals surface area contributed by atoms with Crippen LogP contribution in [0.2, 0.25) is 0 Å². The molecule has 3 aromatic rings. The summed E-state index contributed by atoms with van der Waals surface area (Å²) in [5.74, 6) is 0.654. The molecular formula is C24H23N3O. The Morgan fingerprint density at radius 2 is 1.71 bits per heavy atom. The minimum absolute atomic E-state index is 0.183. The van der Waals surface area contributed by atoms with E-state index in [-0.39, 0.29) is 11.8 Å². The molecule has 3 aromatic carbocycles. The van der Waals surface area contributed by atoms with Gasteiger partial charge in [0.25, 0.3) is 0 Å². The lowest BCUT2D eigenvalue weighted by Crippen LogP contribution is -2.22. The van der Waals surface area contributed by atoms with Crippen molar-refractivity contribution in [2.24, 2.45) is 5.73 Å². The molecule has 0 bridgehead atoms. The fraction of sp³-hybridized carbons (Fsp3) is 0.208. The first-order valence-electron chi connectivity index (χ1n) is 9.62. The van der Waals surface area contributed by atoms with Crippen molar-refractivity contribution >= 4 is 16.5 Å². The monoisotopic (exact) mass is 369 g/mol. The van der Waals surface area contributed by atoms with Gasteiger partial charge in [0.05, 0.1) is 5.92 Å². The number of nitriles is 1. The largest absolute Gasteiger partial charge is 0.440 e. The molecule has 1 heterocycles. The van der Waals surface area contributed by atoms with Gasteiger partial charge in [-0.05, 0) is 48.4 Å². The molecule has 4 heteroatoms. The molecule has 0 saturated carbocycles. The van der Waals surface area contributed by atoms with Gasteiger partial charge in [0.2, 0.25) is 5.88 Å². The fourth-order valence-electron chi connectivity index (χ4n) is 4.04. The van der Waals surface area contributed by atoms with Crippen LogP contribution in [0.15, 0.2) is 72.1 Å². The Morgan fingerprint density at radius 3 is 2.39 bits per heavy atom. The molecule has 140 valence electrons. The zero-order valence-electron chi connectivity index (χ0n) is 16.1. The highest BCUT2D eigenvalue weighted by molar-refractivity contribution is 5.90. The van der Waals surface area contributed by atoms with Crippen molar-refractivity contribution in [1.82, 2.24) is 0 Å². The molecule has 1 atom stereocenters. The molecule has 4 nitrogen and oxygen atoms in total. The van der Waals surface area contributed by atoms with Crippen LogP contribution in [0.3, 0.4) is 0 Å². The second kappa shape index (κ2) is 7.28. The van der Waals surface area contributed by atoms with E-state index in [1.807, 2.05) is 24.3 Å². The molecule has 1 unspecified atom stereocenters. The number of allylic oxidation sites excluding steroid dienone is 1. The van der Waals surface area contributed by atoms with Crippen molar-refractivity contribution in [1.29, 1.82) is 5.26 Å². The molecule has 0 saturated heterocycles. The standard InChI is InChI=1S/C24H23N3O/c1-3-27(4-2)18-12-9-17(10-13-18)22-20(15-25)24(26)28-21-14-11-16-7-5-6-8-19(16)23(21)22/h5-14,22H,3-4,26H2,1-2H3. The average Bonchev–Trinajstić information content (AvgIpc) is 2.74. The third-order valence-corrected chi connectivity index (χ3v) is 5.47. The Kier molecular flexibility index (Phi) is 4.67. The van der Waals surface area contributed by atoms with Crippen molar-refractivity contribution in [2.75, 3.05) is 18.0 Å². The van der Waals surface area contributed by atoms with E-state index in [0.717, 1.165) is 35.0 Å². The Bertz CT molecular complexity index is 1090. The first-order valence-corrected chi connectivity index (χ1v) is 9.62. The Hall–Kier alpha value is -3.45. The molecule has 0 aliphatic carbocycles. The number of ether oxygens (including phenoxy) is 1. The minimum atomic E-state index is -0.245. The van der Waals surface area contributed by atoms with Crippen molar-refractivity contribution in [2.45, 2.75) is 19.8 Å². The average molecular weight is 369 g/mol. The summed E-state index contributed by atoms with van der Waals surface area (Å²) in [4.78, 5) is 2.30. The number of anilines is 1. The highest BCUT2D eigenvalue weighted by Gasteiger charge is 2.32. The quantitative estimate of drug-likeness (QED) is 0.710. The number of nitrogens with two attached hydrogens (primary N) is 1. The number of rotatable bonds is 4. The van der Waals surface area contributed by atoms with Gasteiger partial charge >= 0.3 is 0 Å². The Labute approximate surface area is 165 Å². The highest BCUT2D eigenvalue weighted by Crippen LogP contribution is 2.45. The van der Waals surface area contributed by atoms with Gasteiger partial charge in [-0.3, -0.25) is 0 Å². The molecule has 0 amide bonds. The van der Waals surface area contributed by atoms with E-state index >= 15 is 0 Å². The molecule has 0 spiro atoms. The smallest absolute Gasteiger partial charge is 0.205 e. The van der Waals surface area contributed by atoms with Crippen LogP contribution in [-0.2, 0) is 0 Å². The van der Waals surface area contributed by atoms with Crippen molar-refractivity contribution in [3.8, 4) is 11.8 Å². The molecule has 28 heavy (non-hydrogen) atoms. The zero-order chi connectivity index (χ0) is 19.7. The number of fused-ring (bicyclic) bond motifs is 3. The maximum Gasteiger partial charge on any atom is 0.205 e. The Balaban J connectivity index is 1.90. The summed E-state index contributed by atoms with van der Waals surface area (Å²) < 4.78 is 5.82. The van der Waals surface area contributed by atoms with Crippen LogP contribution < -0.4 is 15.4 Å². The van der Waals surface area contributed by atoms with Crippen LogP contribution in [0, 0.1) is 11.3 Å². The van der Waals surface area contributed by atoms with Crippen molar-refractivity contribution in [3.63, 3.8) is 0 Å². The zero-order valence-corrected chi connectivity index (χ0v) is 16.1.